The molecular formula is C47H83N2O18P. The monoisotopic (exact) mass is 995 g/mol. The van der Waals surface area contributed by atoms with E-state index in [2.05, 4.69) is 12.2 Å². The second-order valence-electron chi connectivity index (χ2n) is 16.1. The molecule has 0 aromatic rings. The van der Waals surface area contributed by atoms with Crippen LogP contribution in [0.5, 0.6) is 0 Å². The van der Waals surface area contributed by atoms with Crippen LogP contribution in [0.1, 0.15) is 142 Å². The lowest BCUT2D eigenvalue weighted by atomic mass is 10.0. The number of esters is 3. The van der Waals surface area contributed by atoms with Gasteiger partial charge in [0.05, 0.1) is 65.9 Å². The predicted octanol–water partition coefficient (Wildman–Crippen LogP) is 6.71. The van der Waals surface area contributed by atoms with Crippen molar-refractivity contribution in [3.63, 3.8) is 0 Å². The molecule has 0 aromatic heterocycles. The number of carbonyl (C=O) groups is 6. The van der Waals surface area contributed by atoms with Crippen molar-refractivity contribution < 1.29 is 85.9 Å². The van der Waals surface area contributed by atoms with Crippen LogP contribution < -0.4 is 5.32 Å². The summed E-state index contributed by atoms with van der Waals surface area (Å²) in [5, 5.41) is 20.2. The highest BCUT2D eigenvalue weighted by molar-refractivity contribution is 7.47. The third-order valence-corrected chi connectivity index (χ3v) is 10.9. The topological polar surface area (TPSA) is 269 Å². The van der Waals surface area contributed by atoms with Crippen molar-refractivity contribution >= 4 is 43.6 Å². The molecule has 0 saturated carbocycles. The van der Waals surface area contributed by atoms with Crippen molar-refractivity contribution in [3.8, 4) is 0 Å². The zero-order valence-corrected chi connectivity index (χ0v) is 41.7. The lowest BCUT2D eigenvalue weighted by Gasteiger charge is -2.20. The van der Waals surface area contributed by atoms with Gasteiger partial charge in [-0.3, -0.25) is 37.9 Å². The minimum Gasteiger partial charge on any atom is -0.480 e. The van der Waals surface area contributed by atoms with E-state index in [9.17, 15) is 38.2 Å². The summed E-state index contributed by atoms with van der Waals surface area (Å²) in [6.45, 7) is 2.44. The van der Waals surface area contributed by atoms with Gasteiger partial charge in [-0.05, 0) is 26.2 Å². The third-order valence-electron chi connectivity index (χ3n) is 9.87. The predicted molar refractivity (Wildman–Crippen MR) is 253 cm³/mol. The molecule has 4 N–H and O–H groups in total. The lowest BCUT2D eigenvalue weighted by molar-refractivity contribution is -0.161. The Labute approximate surface area is 403 Å². The van der Waals surface area contributed by atoms with Crippen molar-refractivity contribution in [2.75, 3.05) is 92.2 Å². The van der Waals surface area contributed by atoms with Crippen LogP contribution in [-0.2, 0) is 70.8 Å². The van der Waals surface area contributed by atoms with Gasteiger partial charge in [0.15, 0.2) is 6.10 Å². The summed E-state index contributed by atoms with van der Waals surface area (Å²) in [5.41, 5.74) is 0. The molecule has 0 aliphatic heterocycles. The van der Waals surface area contributed by atoms with E-state index in [4.69, 9.17) is 47.7 Å². The summed E-state index contributed by atoms with van der Waals surface area (Å²) < 4.78 is 54.6. The Balaban J connectivity index is 4.57. The number of carbonyl (C=O) groups excluding carboxylic acids is 4. The van der Waals surface area contributed by atoms with Gasteiger partial charge >= 0.3 is 37.7 Å². The number of carboxylic acid groups (broad SMARTS) is 2. The van der Waals surface area contributed by atoms with E-state index in [0.29, 0.717) is 32.3 Å². The van der Waals surface area contributed by atoms with Crippen LogP contribution >= 0.6 is 7.82 Å². The number of carboxylic acids is 2. The molecule has 2 atom stereocenters. The number of amides is 1. The molecule has 68 heavy (non-hydrogen) atoms. The zero-order valence-electron chi connectivity index (χ0n) is 40.8. The number of nitrogens with one attached hydrogen (secondary N) is 1. The number of hydrogen-bond donors (Lipinski definition) is 4. The summed E-state index contributed by atoms with van der Waals surface area (Å²) in [4.78, 5) is 82.2. The first-order chi connectivity index (χ1) is 32.8. The van der Waals surface area contributed by atoms with Crippen molar-refractivity contribution in [1.29, 1.82) is 0 Å². The Morgan fingerprint density at radius 2 is 1.13 bits per heavy atom. The first-order valence-electron chi connectivity index (χ1n) is 24.4. The van der Waals surface area contributed by atoms with Crippen LogP contribution in [0, 0.1) is 0 Å². The molecule has 0 rings (SSSR count). The van der Waals surface area contributed by atoms with Crippen LogP contribution in [0.2, 0.25) is 0 Å². The van der Waals surface area contributed by atoms with Crippen LogP contribution in [0.15, 0.2) is 24.3 Å². The first-order valence-corrected chi connectivity index (χ1v) is 25.9. The van der Waals surface area contributed by atoms with Gasteiger partial charge < -0.3 is 48.8 Å². The number of phosphoric ester groups is 1. The van der Waals surface area contributed by atoms with E-state index in [1.165, 1.54) is 68.8 Å². The summed E-state index contributed by atoms with van der Waals surface area (Å²) in [6, 6.07) is 0. The van der Waals surface area contributed by atoms with Crippen LogP contribution in [0.25, 0.3) is 0 Å². The second kappa shape index (κ2) is 45.7. The lowest BCUT2D eigenvalue weighted by Crippen LogP contribution is -2.37. The van der Waals surface area contributed by atoms with Gasteiger partial charge in [0.1, 0.15) is 13.2 Å². The van der Waals surface area contributed by atoms with E-state index in [1.807, 2.05) is 6.92 Å². The number of allylic oxidation sites excluding steroid dienone is 3. The first kappa shape index (κ1) is 64.2. The zero-order chi connectivity index (χ0) is 50.4. The highest BCUT2D eigenvalue weighted by Crippen LogP contribution is 2.43. The van der Waals surface area contributed by atoms with E-state index in [1.54, 1.807) is 18.2 Å². The molecule has 0 saturated heterocycles. The van der Waals surface area contributed by atoms with Crippen LogP contribution in [0.4, 0.5) is 0 Å². The van der Waals surface area contributed by atoms with Crippen molar-refractivity contribution in [2.24, 2.45) is 0 Å². The molecule has 0 heterocycles. The summed E-state index contributed by atoms with van der Waals surface area (Å²) in [6.07, 6.45) is 24.2. The molecule has 0 fully saturated rings. The van der Waals surface area contributed by atoms with Crippen molar-refractivity contribution in [1.82, 2.24) is 10.2 Å². The molecular weight excluding hydrogens is 911 g/mol. The Hall–Kier alpha value is -3.75. The fraction of sp³-hybridized carbons (Fsp3) is 0.787. The number of phosphoric acid groups is 1. The van der Waals surface area contributed by atoms with Crippen LogP contribution in [-0.4, -0.2) is 154 Å². The molecule has 20 nitrogen and oxygen atoms in total. The van der Waals surface area contributed by atoms with Gasteiger partial charge in [-0.25, -0.2) is 9.36 Å². The molecule has 0 aliphatic rings. The third kappa shape index (κ3) is 46.0. The van der Waals surface area contributed by atoms with Gasteiger partial charge in [-0.15, -0.1) is 0 Å². The molecule has 21 heteroatoms. The molecule has 1 amide bonds. The van der Waals surface area contributed by atoms with Gasteiger partial charge in [0.2, 0.25) is 5.91 Å². The maximum absolute atomic E-state index is 12.7. The standard InChI is InChI=1S/C47H83N2O18P/c1-3-5-7-8-9-10-11-12-13-14-15-17-21-25-46(56)64-38-41(67-47(57)26-22-18-16-19-23-29-63-45(55)24-20-6-4-2)39-66-68(58,59)65-30-27-48-42(50)40-62-35-34-61-33-32-60-31-28-49(36-43(51)52)37-44(53)54/h4,6,20,24,41H,3,5,7-19,21-23,25-40H2,1-2H3,(H,48,50)(H,51,52)(H,53,54)(H,58,59)/b6-4+,24-20+. The highest BCUT2D eigenvalue weighted by Gasteiger charge is 2.26. The minimum absolute atomic E-state index is 0.0590. The summed E-state index contributed by atoms with van der Waals surface area (Å²) >= 11 is 0. The van der Waals surface area contributed by atoms with Gasteiger partial charge in [-0.1, -0.05) is 121 Å². The molecule has 2 unspecified atom stereocenters. The van der Waals surface area contributed by atoms with Crippen LogP contribution in [0.3, 0.4) is 0 Å². The summed E-state index contributed by atoms with van der Waals surface area (Å²) in [5.74, 6) is -4.31. The number of hydrogen-bond acceptors (Lipinski definition) is 16. The molecule has 0 aliphatic carbocycles. The number of aliphatic carboxylic acids is 2. The molecule has 0 spiro atoms. The largest absolute Gasteiger partial charge is 0.480 e. The average Bonchev–Trinajstić information content (AvgIpc) is 3.28. The fourth-order valence-electron chi connectivity index (χ4n) is 6.29. The fourth-order valence-corrected chi connectivity index (χ4v) is 7.04. The van der Waals surface area contributed by atoms with Crippen molar-refractivity contribution in [3.05, 3.63) is 24.3 Å². The van der Waals surface area contributed by atoms with Gasteiger partial charge in [0.25, 0.3) is 0 Å². The van der Waals surface area contributed by atoms with E-state index in [-0.39, 0.29) is 72.2 Å². The Bertz CT molecular complexity index is 1430. The SMILES string of the molecule is C/C=C/C=C/C(=O)OCCCCCCCC(=O)OC(COC(=O)CCCCCCCCCCCCCCC)COP(=O)(O)OCCNC(=O)COCCOCCOCCN(CC(=O)O)CC(=O)O. The number of rotatable bonds is 49. The smallest absolute Gasteiger partial charge is 0.472 e. The molecule has 0 aromatic carbocycles. The maximum Gasteiger partial charge on any atom is 0.472 e. The number of ether oxygens (including phenoxy) is 6. The number of unbranched alkanes of at least 4 members (excludes halogenated alkanes) is 16. The molecule has 0 radical (unpaired) electrons. The molecule has 394 valence electrons. The maximum atomic E-state index is 12.7. The average molecular weight is 995 g/mol. The molecule has 0 bridgehead atoms. The second-order valence-corrected chi connectivity index (χ2v) is 17.5. The Kier molecular flexibility index (Phi) is 43.2. The van der Waals surface area contributed by atoms with Crippen molar-refractivity contribution in [2.45, 2.75) is 148 Å². The van der Waals surface area contributed by atoms with E-state index in [0.717, 1.165) is 32.1 Å². The van der Waals surface area contributed by atoms with Gasteiger partial charge in [-0.2, -0.15) is 0 Å². The Morgan fingerprint density at radius 1 is 0.603 bits per heavy atom. The number of nitrogens with zero attached hydrogens (tertiary/aromatic N) is 1. The van der Waals surface area contributed by atoms with E-state index < -0.39 is 76.0 Å². The quantitative estimate of drug-likeness (QED) is 0.0123. The minimum atomic E-state index is -4.68. The normalized spacial score (nSPS) is 12.9. The van der Waals surface area contributed by atoms with Gasteiger partial charge in [0, 0.05) is 32.0 Å². The Morgan fingerprint density at radius 3 is 1.71 bits per heavy atom. The summed E-state index contributed by atoms with van der Waals surface area (Å²) in [7, 11) is -4.68. The highest BCUT2D eigenvalue weighted by atomic mass is 31.2. The van der Waals surface area contributed by atoms with E-state index >= 15 is 0 Å².